The van der Waals surface area contributed by atoms with E-state index in [4.69, 9.17) is 9.47 Å². The van der Waals surface area contributed by atoms with E-state index in [1.54, 1.807) is 49.6 Å². The lowest BCUT2D eigenvalue weighted by molar-refractivity contribution is 0.102. The number of nitrogens with one attached hydrogen (secondary N) is 2. The zero-order chi connectivity index (χ0) is 19.2. The van der Waals surface area contributed by atoms with Gasteiger partial charge in [0.25, 0.3) is 5.91 Å². The third-order valence-electron chi connectivity index (χ3n) is 3.81. The molecule has 0 saturated carbocycles. The minimum absolute atomic E-state index is 0.104. The van der Waals surface area contributed by atoms with E-state index in [-0.39, 0.29) is 5.69 Å². The first kappa shape index (κ1) is 18.2. The maximum atomic E-state index is 12.6. The second kappa shape index (κ2) is 8.18. The third-order valence-corrected chi connectivity index (χ3v) is 3.81. The molecule has 0 fully saturated rings. The normalized spacial score (nSPS) is 10.3. The number of anilines is 1. The molecule has 2 aromatic carbocycles. The third kappa shape index (κ3) is 4.33. The summed E-state index contributed by atoms with van der Waals surface area (Å²) in [6.07, 6.45) is 0. The molecule has 1 heterocycles. The van der Waals surface area contributed by atoms with Gasteiger partial charge in [0.15, 0.2) is 0 Å². The van der Waals surface area contributed by atoms with Crippen LogP contribution in [0.3, 0.4) is 0 Å². The van der Waals surface area contributed by atoms with Crippen LogP contribution in [0.2, 0.25) is 0 Å². The molecule has 1 aromatic heterocycles. The molecule has 0 atom stereocenters. The Morgan fingerprint density at radius 2 is 1.89 bits per heavy atom. The van der Waals surface area contributed by atoms with Gasteiger partial charge in [-0.25, -0.2) is 4.79 Å². The van der Waals surface area contributed by atoms with Gasteiger partial charge in [0, 0.05) is 5.56 Å². The van der Waals surface area contributed by atoms with E-state index in [0.717, 1.165) is 0 Å². The smallest absolute Gasteiger partial charge is 0.346 e. The Balaban J connectivity index is 1.89. The molecular formula is C20H19N3O4. The van der Waals surface area contributed by atoms with Crippen molar-refractivity contribution in [3.05, 3.63) is 70.8 Å². The maximum Gasteiger partial charge on any atom is 0.346 e. The summed E-state index contributed by atoms with van der Waals surface area (Å²) < 4.78 is 10.6. The number of aromatic amines is 1. The Labute approximate surface area is 156 Å². The van der Waals surface area contributed by atoms with E-state index < -0.39 is 11.6 Å². The highest BCUT2D eigenvalue weighted by molar-refractivity contribution is 6.04. The first-order chi connectivity index (χ1) is 13.1. The summed E-state index contributed by atoms with van der Waals surface area (Å²) in [5.74, 6) is 0.783. The number of methoxy groups -OCH3 is 1. The number of hydrogen-bond acceptors (Lipinski definition) is 5. The molecule has 0 aliphatic heterocycles. The molecule has 27 heavy (non-hydrogen) atoms. The molecule has 0 aliphatic rings. The molecule has 3 aromatic rings. The van der Waals surface area contributed by atoms with Crippen molar-refractivity contribution in [2.24, 2.45) is 0 Å². The topological polar surface area (TPSA) is 93.3 Å². The predicted octanol–water partition coefficient (Wildman–Crippen LogP) is 3.10. The Hall–Kier alpha value is -3.61. The van der Waals surface area contributed by atoms with Gasteiger partial charge < -0.3 is 19.8 Å². The van der Waals surface area contributed by atoms with Crippen LogP contribution in [0.4, 0.5) is 5.69 Å². The van der Waals surface area contributed by atoms with Crippen molar-refractivity contribution in [2.45, 2.75) is 6.92 Å². The fraction of sp³-hybridized carbons (Fsp3) is 0.150. The summed E-state index contributed by atoms with van der Waals surface area (Å²) in [4.78, 5) is 31.0. The number of carbonyl (C=O) groups is 1. The van der Waals surface area contributed by atoms with Gasteiger partial charge in [-0.05, 0) is 49.4 Å². The molecule has 1 amide bonds. The van der Waals surface area contributed by atoms with Crippen LogP contribution < -0.4 is 20.5 Å². The molecule has 138 valence electrons. The van der Waals surface area contributed by atoms with Crippen LogP contribution in [-0.4, -0.2) is 29.6 Å². The first-order valence-corrected chi connectivity index (χ1v) is 8.39. The van der Waals surface area contributed by atoms with E-state index in [1.165, 1.54) is 6.07 Å². The molecule has 0 radical (unpaired) electrons. The SMILES string of the molecule is CCOc1ccccc1NC(=O)c1cc(-c2ccc(OC)cc2)nc(=O)[nH]1. The summed E-state index contributed by atoms with van der Waals surface area (Å²) in [6.45, 7) is 2.33. The molecule has 0 saturated heterocycles. The molecule has 3 rings (SSSR count). The fourth-order valence-corrected chi connectivity index (χ4v) is 2.53. The number of aromatic nitrogens is 2. The monoisotopic (exact) mass is 365 g/mol. The zero-order valence-electron chi connectivity index (χ0n) is 15.0. The van der Waals surface area contributed by atoms with Crippen molar-refractivity contribution >= 4 is 11.6 Å². The number of H-pyrrole nitrogens is 1. The molecule has 0 spiro atoms. The van der Waals surface area contributed by atoms with Crippen LogP contribution in [0, 0.1) is 0 Å². The summed E-state index contributed by atoms with van der Waals surface area (Å²) in [7, 11) is 1.57. The van der Waals surface area contributed by atoms with Gasteiger partial charge >= 0.3 is 5.69 Å². The van der Waals surface area contributed by atoms with Crippen molar-refractivity contribution in [1.29, 1.82) is 0 Å². The average molecular weight is 365 g/mol. The number of rotatable bonds is 6. The van der Waals surface area contributed by atoms with Crippen LogP contribution >= 0.6 is 0 Å². The molecule has 0 bridgehead atoms. The van der Waals surface area contributed by atoms with Gasteiger partial charge in [0.1, 0.15) is 17.2 Å². The molecule has 7 nitrogen and oxygen atoms in total. The lowest BCUT2D eigenvalue weighted by atomic mass is 10.1. The van der Waals surface area contributed by atoms with E-state index in [0.29, 0.717) is 35.1 Å². The van der Waals surface area contributed by atoms with Gasteiger partial charge in [-0.2, -0.15) is 4.98 Å². The fourth-order valence-electron chi connectivity index (χ4n) is 2.53. The molecule has 7 heteroatoms. The summed E-state index contributed by atoms with van der Waals surface area (Å²) in [6, 6.07) is 15.7. The second-order valence-electron chi connectivity index (χ2n) is 5.60. The van der Waals surface area contributed by atoms with Gasteiger partial charge in [-0.1, -0.05) is 12.1 Å². The van der Waals surface area contributed by atoms with E-state index >= 15 is 0 Å². The van der Waals surface area contributed by atoms with Crippen molar-refractivity contribution in [2.75, 3.05) is 19.0 Å². The lowest BCUT2D eigenvalue weighted by Gasteiger charge is -2.11. The zero-order valence-corrected chi connectivity index (χ0v) is 15.0. The van der Waals surface area contributed by atoms with Crippen molar-refractivity contribution in [1.82, 2.24) is 9.97 Å². The molecular weight excluding hydrogens is 346 g/mol. The van der Waals surface area contributed by atoms with E-state index in [9.17, 15) is 9.59 Å². The van der Waals surface area contributed by atoms with Crippen molar-refractivity contribution in [3.8, 4) is 22.8 Å². The number of ether oxygens (including phenoxy) is 2. The highest BCUT2D eigenvalue weighted by Gasteiger charge is 2.13. The second-order valence-corrected chi connectivity index (χ2v) is 5.60. The maximum absolute atomic E-state index is 12.6. The number of hydrogen-bond donors (Lipinski definition) is 2. The van der Waals surface area contributed by atoms with Gasteiger partial charge in [-0.15, -0.1) is 0 Å². The number of nitrogens with zero attached hydrogens (tertiary/aromatic N) is 1. The largest absolute Gasteiger partial charge is 0.497 e. The Morgan fingerprint density at radius 3 is 2.59 bits per heavy atom. The number of benzene rings is 2. The Kier molecular flexibility index (Phi) is 5.51. The first-order valence-electron chi connectivity index (χ1n) is 8.39. The molecule has 0 unspecified atom stereocenters. The van der Waals surface area contributed by atoms with Gasteiger partial charge in [0.2, 0.25) is 0 Å². The van der Waals surface area contributed by atoms with E-state index in [2.05, 4.69) is 15.3 Å². The highest BCUT2D eigenvalue weighted by Crippen LogP contribution is 2.25. The Bertz CT molecular complexity index is 997. The van der Waals surface area contributed by atoms with E-state index in [1.807, 2.05) is 13.0 Å². The molecule has 2 N–H and O–H groups in total. The minimum atomic E-state index is -0.605. The number of carbonyl (C=O) groups excluding carboxylic acids is 1. The van der Waals surface area contributed by atoms with Crippen molar-refractivity contribution in [3.63, 3.8) is 0 Å². The van der Waals surface area contributed by atoms with Crippen LogP contribution in [0.25, 0.3) is 11.3 Å². The lowest BCUT2D eigenvalue weighted by Crippen LogP contribution is -2.21. The minimum Gasteiger partial charge on any atom is -0.497 e. The van der Waals surface area contributed by atoms with Crippen LogP contribution in [0.5, 0.6) is 11.5 Å². The van der Waals surface area contributed by atoms with Gasteiger partial charge in [-0.3, -0.25) is 4.79 Å². The standard InChI is InChI=1S/C20H19N3O4/c1-3-27-18-7-5-4-6-15(18)21-19(24)17-12-16(22-20(25)23-17)13-8-10-14(26-2)11-9-13/h4-12H,3H2,1-2H3,(H,21,24)(H,22,23,25). The Morgan fingerprint density at radius 1 is 1.15 bits per heavy atom. The number of para-hydroxylation sites is 2. The average Bonchev–Trinajstić information content (AvgIpc) is 2.69. The highest BCUT2D eigenvalue weighted by atomic mass is 16.5. The van der Waals surface area contributed by atoms with Crippen molar-refractivity contribution < 1.29 is 14.3 Å². The predicted molar refractivity (Wildman–Crippen MR) is 102 cm³/mol. The van der Waals surface area contributed by atoms with Crippen LogP contribution in [-0.2, 0) is 0 Å². The van der Waals surface area contributed by atoms with Gasteiger partial charge in [0.05, 0.1) is 25.1 Å². The quantitative estimate of drug-likeness (QED) is 0.700. The summed E-state index contributed by atoms with van der Waals surface area (Å²) in [5.41, 5.74) is 1.11. The summed E-state index contributed by atoms with van der Waals surface area (Å²) in [5, 5.41) is 2.75. The van der Waals surface area contributed by atoms with Crippen LogP contribution in [0.15, 0.2) is 59.4 Å². The number of amides is 1. The summed E-state index contributed by atoms with van der Waals surface area (Å²) >= 11 is 0. The van der Waals surface area contributed by atoms with Crippen LogP contribution in [0.1, 0.15) is 17.4 Å². The molecule has 0 aliphatic carbocycles.